The number of aromatic nitrogens is 1. The van der Waals surface area contributed by atoms with Crippen molar-refractivity contribution in [3.8, 4) is 0 Å². The number of hydrogen-bond acceptors (Lipinski definition) is 7. The van der Waals surface area contributed by atoms with Gasteiger partial charge in [0.05, 0.1) is 23.7 Å². The molecular weight excluding hydrogens is 374 g/mol. The van der Waals surface area contributed by atoms with Crippen LogP contribution >= 0.6 is 0 Å². The fraction of sp³-hybridized carbons (Fsp3) is 0.400. The molecule has 152 valence electrons. The molecule has 0 atom stereocenters. The summed E-state index contributed by atoms with van der Waals surface area (Å²) in [6, 6.07) is 10.3. The summed E-state index contributed by atoms with van der Waals surface area (Å²) in [6.45, 7) is 5.58. The van der Waals surface area contributed by atoms with E-state index in [1.165, 1.54) is 12.1 Å². The molecule has 3 heterocycles. The first-order chi connectivity index (χ1) is 14.1. The highest BCUT2D eigenvalue weighted by molar-refractivity contribution is 5.94. The van der Waals surface area contributed by atoms with Gasteiger partial charge in [0.1, 0.15) is 5.82 Å². The summed E-state index contributed by atoms with van der Waals surface area (Å²) in [7, 11) is 0. The Balaban J connectivity index is 1.34. The van der Waals surface area contributed by atoms with Gasteiger partial charge in [-0.25, -0.2) is 4.98 Å². The first-order valence-corrected chi connectivity index (χ1v) is 9.69. The van der Waals surface area contributed by atoms with E-state index in [-0.39, 0.29) is 11.6 Å². The molecule has 0 radical (unpaired) electrons. The number of anilines is 2. The molecule has 9 heteroatoms. The highest BCUT2D eigenvalue weighted by Gasteiger charge is 2.23. The number of rotatable bonds is 4. The Bertz CT molecular complexity index is 857. The van der Waals surface area contributed by atoms with E-state index in [2.05, 4.69) is 14.8 Å². The number of benzene rings is 1. The number of hydrogen-bond donors (Lipinski definition) is 0. The van der Waals surface area contributed by atoms with Crippen molar-refractivity contribution in [1.82, 2.24) is 9.88 Å². The zero-order valence-electron chi connectivity index (χ0n) is 16.1. The number of non-ortho nitro benzene ring substituents is 1. The van der Waals surface area contributed by atoms with Gasteiger partial charge in [0.2, 0.25) is 0 Å². The monoisotopic (exact) mass is 397 g/mol. The van der Waals surface area contributed by atoms with Gasteiger partial charge >= 0.3 is 0 Å². The number of amides is 1. The highest BCUT2D eigenvalue weighted by atomic mass is 16.6. The number of ether oxygens (including phenoxy) is 1. The van der Waals surface area contributed by atoms with Crippen molar-refractivity contribution >= 4 is 23.1 Å². The van der Waals surface area contributed by atoms with Crippen molar-refractivity contribution in [3.63, 3.8) is 0 Å². The molecule has 1 aromatic carbocycles. The minimum Gasteiger partial charge on any atom is -0.378 e. The average Bonchev–Trinajstić information content (AvgIpc) is 2.79. The van der Waals surface area contributed by atoms with Crippen molar-refractivity contribution in [2.75, 3.05) is 62.3 Å². The van der Waals surface area contributed by atoms with Crippen LogP contribution in [0.15, 0.2) is 42.6 Å². The van der Waals surface area contributed by atoms with Crippen LogP contribution in [0.2, 0.25) is 0 Å². The predicted molar refractivity (Wildman–Crippen MR) is 108 cm³/mol. The van der Waals surface area contributed by atoms with E-state index >= 15 is 0 Å². The van der Waals surface area contributed by atoms with E-state index in [1.807, 2.05) is 17.0 Å². The van der Waals surface area contributed by atoms with Gasteiger partial charge < -0.3 is 19.4 Å². The van der Waals surface area contributed by atoms with E-state index in [0.29, 0.717) is 45.0 Å². The van der Waals surface area contributed by atoms with Crippen molar-refractivity contribution < 1.29 is 14.5 Å². The molecule has 9 nitrogen and oxygen atoms in total. The quantitative estimate of drug-likeness (QED) is 0.574. The maximum atomic E-state index is 12.8. The topological polar surface area (TPSA) is 92.1 Å². The van der Waals surface area contributed by atoms with Gasteiger partial charge in [-0.05, 0) is 24.3 Å². The van der Waals surface area contributed by atoms with Crippen molar-refractivity contribution in [2.24, 2.45) is 0 Å². The van der Waals surface area contributed by atoms with Gasteiger partial charge in [-0.1, -0.05) is 0 Å². The third-order valence-corrected chi connectivity index (χ3v) is 5.32. The van der Waals surface area contributed by atoms with Crippen LogP contribution in [0.25, 0.3) is 0 Å². The Hall–Kier alpha value is -3.20. The summed E-state index contributed by atoms with van der Waals surface area (Å²) in [5.41, 5.74) is 1.60. The second kappa shape index (κ2) is 8.44. The molecule has 1 amide bonds. The van der Waals surface area contributed by atoms with E-state index < -0.39 is 4.92 Å². The molecule has 0 N–H and O–H groups in total. The minimum atomic E-state index is -0.404. The highest BCUT2D eigenvalue weighted by Crippen LogP contribution is 2.21. The Kier molecular flexibility index (Phi) is 5.57. The molecule has 29 heavy (non-hydrogen) atoms. The van der Waals surface area contributed by atoms with Gasteiger partial charge in [0.25, 0.3) is 11.6 Å². The number of nitro groups is 1. The molecule has 2 aromatic rings. The van der Waals surface area contributed by atoms with Crippen LogP contribution in [-0.4, -0.2) is 73.2 Å². The van der Waals surface area contributed by atoms with Gasteiger partial charge in [0.15, 0.2) is 0 Å². The van der Waals surface area contributed by atoms with E-state index in [4.69, 9.17) is 4.74 Å². The van der Waals surface area contributed by atoms with Crippen LogP contribution in [0.1, 0.15) is 10.4 Å². The largest absolute Gasteiger partial charge is 0.378 e. The Morgan fingerprint density at radius 2 is 1.62 bits per heavy atom. The minimum absolute atomic E-state index is 0.0191. The van der Waals surface area contributed by atoms with Crippen LogP contribution in [0, 0.1) is 10.1 Å². The van der Waals surface area contributed by atoms with Crippen LogP contribution in [0.4, 0.5) is 17.2 Å². The number of carbonyl (C=O) groups is 1. The Morgan fingerprint density at radius 3 is 2.21 bits per heavy atom. The lowest BCUT2D eigenvalue weighted by Crippen LogP contribution is -2.48. The number of carbonyl (C=O) groups excluding carboxylic acids is 1. The molecule has 0 aliphatic carbocycles. The van der Waals surface area contributed by atoms with Gasteiger partial charge in [-0.3, -0.25) is 14.9 Å². The third kappa shape index (κ3) is 4.29. The summed E-state index contributed by atoms with van der Waals surface area (Å²) in [5, 5.41) is 10.8. The number of pyridine rings is 1. The zero-order chi connectivity index (χ0) is 20.2. The summed E-state index contributed by atoms with van der Waals surface area (Å²) in [6.07, 6.45) is 1.65. The van der Waals surface area contributed by atoms with Crippen LogP contribution in [-0.2, 0) is 4.74 Å². The molecule has 0 bridgehead atoms. The number of morpholine rings is 1. The molecule has 0 spiro atoms. The zero-order valence-corrected chi connectivity index (χ0v) is 16.1. The summed E-state index contributed by atoms with van der Waals surface area (Å²) in [4.78, 5) is 33.8. The standard InChI is InChI=1S/C20H23N5O4/c26-20(16-1-6-19(21-15-16)23-11-13-29-14-12-23)24-9-7-22(8-10-24)17-2-4-18(5-3-17)25(27)28/h1-6,15H,7-14H2. The van der Waals surface area contributed by atoms with E-state index in [9.17, 15) is 14.9 Å². The summed E-state index contributed by atoms with van der Waals surface area (Å²) < 4.78 is 5.36. The van der Waals surface area contributed by atoms with Crippen LogP contribution in [0.5, 0.6) is 0 Å². The molecule has 2 aliphatic heterocycles. The lowest BCUT2D eigenvalue weighted by Gasteiger charge is -2.36. The number of nitro benzene ring substituents is 1. The molecule has 2 aliphatic rings. The summed E-state index contributed by atoms with van der Waals surface area (Å²) in [5.74, 6) is 0.849. The first kappa shape index (κ1) is 19.1. The van der Waals surface area contributed by atoms with Crippen molar-refractivity contribution in [2.45, 2.75) is 0 Å². The smallest absolute Gasteiger partial charge is 0.269 e. The molecule has 0 unspecified atom stereocenters. The molecule has 2 fully saturated rings. The third-order valence-electron chi connectivity index (χ3n) is 5.32. The Labute approximate surface area is 168 Å². The number of nitrogens with zero attached hydrogens (tertiary/aromatic N) is 5. The van der Waals surface area contributed by atoms with E-state index in [1.54, 1.807) is 18.3 Å². The first-order valence-electron chi connectivity index (χ1n) is 9.69. The fourth-order valence-electron chi connectivity index (χ4n) is 3.63. The normalized spacial score (nSPS) is 17.3. The maximum absolute atomic E-state index is 12.8. The van der Waals surface area contributed by atoms with Crippen molar-refractivity contribution in [3.05, 3.63) is 58.3 Å². The second-order valence-electron chi connectivity index (χ2n) is 7.06. The van der Waals surface area contributed by atoms with Crippen LogP contribution in [0.3, 0.4) is 0 Å². The average molecular weight is 397 g/mol. The summed E-state index contributed by atoms with van der Waals surface area (Å²) >= 11 is 0. The molecule has 4 rings (SSSR count). The number of piperazine rings is 1. The maximum Gasteiger partial charge on any atom is 0.269 e. The van der Waals surface area contributed by atoms with Crippen molar-refractivity contribution in [1.29, 1.82) is 0 Å². The van der Waals surface area contributed by atoms with Gasteiger partial charge in [-0.15, -0.1) is 0 Å². The SMILES string of the molecule is O=C(c1ccc(N2CCOCC2)nc1)N1CCN(c2ccc([N+](=O)[O-])cc2)CC1. The lowest BCUT2D eigenvalue weighted by atomic mass is 10.2. The van der Waals surface area contributed by atoms with Gasteiger partial charge in [-0.2, -0.15) is 0 Å². The van der Waals surface area contributed by atoms with E-state index in [0.717, 1.165) is 24.6 Å². The molecule has 2 saturated heterocycles. The second-order valence-corrected chi connectivity index (χ2v) is 7.06. The fourth-order valence-corrected chi connectivity index (χ4v) is 3.63. The molecule has 1 aromatic heterocycles. The van der Waals surface area contributed by atoms with Crippen LogP contribution < -0.4 is 9.80 Å². The van der Waals surface area contributed by atoms with Gasteiger partial charge in [0, 0.05) is 63.3 Å². The lowest BCUT2D eigenvalue weighted by molar-refractivity contribution is -0.384. The molecule has 0 saturated carbocycles. The molecular formula is C20H23N5O4. The Morgan fingerprint density at radius 1 is 0.931 bits per heavy atom. The predicted octanol–water partition coefficient (Wildman–Crippen LogP) is 1.79.